The molecule has 1 aromatic carbocycles. The third-order valence-electron chi connectivity index (χ3n) is 5.15. The van der Waals surface area contributed by atoms with Gasteiger partial charge >= 0.3 is 5.97 Å². The van der Waals surface area contributed by atoms with Crippen molar-refractivity contribution < 1.29 is 23.1 Å². The van der Waals surface area contributed by atoms with E-state index in [4.69, 9.17) is 4.74 Å². The fourth-order valence-electron chi connectivity index (χ4n) is 4.05. The molecule has 0 spiro atoms. The number of nitrogens with zero attached hydrogens (tertiary/aromatic N) is 1. The van der Waals surface area contributed by atoms with Crippen molar-refractivity contribution in [3.8, 4) is 0 Å². The summed E-state index contributed by atoms with van der Waals surface area (Å²) < 4.78 is 32.6. The number of benzene rings is 1. The number of methoxy groups -OCH3 is 1. The molecule has 1 N–H and O–H groups in total. The number of aliphatic carboxylic acids is 1. The summed E-state index contributed by atoms with van der Waals surface area (Å²) in [7, 11) is -2.03. The van der Waals surface area contributed by atoms with E-state index in [1.54, 1.807) is 0 Å². The first kappa shape index (κ1) is 17.4. The number of hydrogen-bond donors (Lipinski definition) is 1. The summed E-state index contributed by atoms with van der Waals surface area (Å²) in [6.07, 6.45) is 1.89. The van der Waals surface area contributed by atoms with Crippen LogP contribution in [-0.2, 0) is 26.0 Å². The molecule has 2 fully saturated rings. The Balaban J connectivity index is 1.72. The van der Waals surface area contributed by atoms with Crippen LogP contribution >= 0.6 is 0 Å². The van der Waals surface area contributed by atoms with Crippen LogP contribution in [0.2, 0.25) is 0 Å². The molecule has 2 aliphatic rings. The SMILES string of the molecule is COC(Cc1ccccc1)CS(=O)(=O)N1C2CCC1C(C(=O)O)C2. The summed E-state index contributed by atoms with van der Waals surface area (Å²) in [6.45, 7) is 0. The predicted octanol–water partition coefficient (Wildman–Crippen LogP) is 1.51. The summed E-state index contributed by atoms with van der Waals surface area (Å²) >= 11 is 0. The van der Waals surface area contributed by atoms with Crippen LogP contribution in [0, 0.1) is 5.92 Å². The van der Waals surface area contributed by atoms with Crippen LogP contribution in [0.1, 0.15) is 24.8 Å². The monoisotopic (exact) mass is 353 g/mol. The summed E-state index contributed by atoms with van der Waals surface area (Å²) in [6, 6.07) is 9.05. The standard InChI is InChI=1S/C17H23NO5S/c1-23-14(9-12-5-3-2-4-6-12)11-24(21,22)18-13-7-8-16(18)15(10-13)17(19)20/h2-6,13-16H,7-11H2,1H3,(H,19,20). The van der Waals surface area contributed by atoms with Crippen LogP contribution < -0.4 is 0 Å². The Morgan fingerprint density at radius 2 is 2.04 bits per heavy atom. The van der Waals surface area contributed by atoms with E-state index in [0.29, 0.717) is 19.3 Å². The highest BCUT2D eigenvalue weighted by Gasteiger charge is 2.54. The summed E-state index contributed by atoms with van der Waals surface area (Å²) in [5.74, 6) is -1.58. The molecular weight excluding hydrogens is 330 g/mol. The van der Waals surface area contributed by atoms with Crippen LogP contribution in [0.25, 0.3) is 0 Å². The Labute approximate surface area is 142 Å². The van der Waals surface area contributed by atoms with Crippen molar-refractivity contribution >= 4 is 16.0 Å². The minimum Gasteiger partial charge on any atom is -0.481 e. The zero-order valence-electron chi connectivity index (χ0n) is 13.7. The molecule has 2 heterocycles. The van der Waals surface area contributed by atoms with Gasteiger partial charge in [-0.15, -0.1) is 0 Å². The molecule has 2 saturated heterocycles. The topological polar surface area (TPSA) is 83.9 Å². The molecule has 0 amide bonds. The molecule has 4 unspecified atom stereocenters. The van der Waals surface area contributed by atoms with Crippen molar-refractivity contribution in [1.82, 2.24) is 4.31 Å². The van der Waals surface area contributed by atoms with Crippen LogP contribution in [0.4, 0.5) is 0 Å². The highest BCUT2D eigenvalue weighted by Crippen LogP contribution is 2.43. The van der Waals surface area contributed by atoms with Gasteiger partial charge in [-0.2, -0.15) is 4.31 Å². The second-order valence-electron chi connectivity index (χ2n) is 6.63. The van der Waals surface area contributed by atoms with E-state index in [1.807, 2.05) is 30.3 Å². The van der Waals surface area contributed by atoms with Gasteiger partial charge in [0.1, 0.15) is 0 Å². The van der Waals surface area contributed by atoms with Crippen molar-refractivity contribution in [2.45, 2.75) is 43.9 Å². The van der Waals surface area contributed by atoms with Gasteiger partial charge in [0.2, 0.25) is 10.0 Å². The smallest absolute Gasteiger partial charge is 0.308 e. The first-order valence-corrected chi connectivity index (χ1v) is 9.84. The maximum atomic E-state index is 12.9. The Bertz CT molecular complexity index is 690. The number of rotatable bonds is 7. The molecule has 7 heteroatoms. The fraction of sp³-hybridized carbons (Fsp3) is 0.588. The highest BCUT2D eigenvalue weighted by molar-refractivity contribution is 7.89. The summed E-state index contributed by atoms with van der Waals surface area (Å²) in [5, 5.41) is 9.30. The van der Waals surface area contributed by atoms with Crippen LogP contribution in [0.15, 0.2) is 30.3 Å². The molecule has 6 nitrogen and oxygen atoms in total. The largest absolute Gasteiger partial charge is 0.481 e. The Morgan fingerprint density at radius 3 is 2.62 bits per heavy atom. The van der Waals surface area contributed by atoms with Gasteiger partial charge in [-0.25, -0.2) is 8.42 Å². The molecule has 132 valence electrons. The van der Waals surface area contributed by atoms with Gasteiger partial charge in [0, 0.05) is 19.2 Å². The van der Waals surface area contributed by atoms with Crippen LogP contribution in [0.3, 0.4) is 0 Å². The lowest BCUT2D eigenvalue weighted by Gasteiger charge is -2.25. The predicted molar refractivity (Wildman–Crippen MR) is 89.1 cm³/mol. The third kappa shape index (κ3) is 3.34. The zero-order valence-corrected chi connectivity index (χ0v) is 14.5. The molecular formula is C17H23NO5S. The van der Waals surface area contributed by atoms with Crippen molar-refractivity contribution in [2.75, 3.05) is 12.9 Å². The van der Waals surface area contributed by atoms with E-state index in [2.05, 4.69) is 0 Å². The molecule has 24 heavy (non-hydrogen) atoms. The molecule has 0 aliphatic carbocycles. The normalized spacial score (nSPS) is 28.1. The van der Waals surface area contributed by atoms with Crippen LogP contribution in [0.5, 0.6) is 0 Å². The third-order valence-corrected chi connectivity index (χ3v) is 7.15. The minimum absolute atomic E-state index is 0.113. The van der Waals surface area contributed by atoms with Gasteiger partial charge in [0.05, 0.1) is 17.8 Å². The zero-order chi connectivity index (χ0) is 17.3. The van der Waals surface area contributed by atoms with Crippen molar-refractivity contribution in [1.29, 1.82) is 0 Å². The van der Waals surface area contributed by atoms with Crippen molar-refractivity contribution in [2.24, 2.45) is 5.92 Å². The van der Waals surface area contributed by atoms with E-state index in [9.17, 15) is 18.3 Å². The second kappa shape index (κ2) is 6.82. The first-order chi connectivity index (χ1) is 11.4. The van der Waals surface area contributed by atoms with E-state index in [0.717, 1.165) is 12.0 Å². The van der Waals surface area contributed by atoms with Crippen molar-refractivity contribution in [3.63, 3.8) is 0 Å². The number of carbonyl (C=O) groups is 1. The lowest BCUT2D eigenvalue weighted by molar-refractivity contribution is -0.142. The Kier molecular flexibility index (Phi) is 4.94. The minimum atomic E-state index is -3.55. The number of hydrogen-bond acceptors (Lipinski definition) is 4. The average Bonchev–Trinajstić information content (AvgIpc) is 3.14. The van der Waals surface area contributed by atoms with Gasteiger partial charge in [0.25, 0.3) is 0 Å². The number of fused-ring (bicyclic) bond motifs is 2. The number of carboxylic acid groups (broad SMARTS) is 1. The Morgan fingerprint density at radius 1 is 1.33 bits per heavy atom. The quantitative estimate of drug-likeness (QED) is 0.803. The van der Waals surface area contributed by atoms with E-state index in [-0.39, 0.29) is 11.8 Å². The summed E-state index contributed by atoms with van der Waals surface area (Å²) in [4.78, 5) is 11.3. The number of ether oxygens (including phenoxy) is 1. The lowest BCUT2D eigenvalue weighted by Crippen LogP contribution is -2.42. The van der Waals surface area contributed by atoms with Crippen LogP contribution in [-0.4, -0.2) is 54.8 Å². The lowest BCUT2D eigenvalue weighted by atomic mass is 9.89. The van der Waals surface area contributed by atoms with E-state index >= 15 is 0 Å². The maximum Gasteiger partial charge on any atom is 0.308 e. The van der Waals surface area contributed by atoms with Gasteiger partial charge in [-0.05, 0) is 31.2 Å². The molecule has 2 bridgehead atoms. The van der Waals surface area contributed by atoms with Gasteiger partial charge in [-0.3, -0.25) is 4.79 Å². The molecule has 0 radical (unpaired) electrons. The summed E-state index contributed by atoms with van der Waals surface area (Å²) in [5.41, 5.74) is 1.02. The first-order valence-electron chi connectivity index (χ1n) is 8.23. The molecule has 0 saturated carbocycles. The number of carboxylic acids is 1. The molecule has 2 aliphatic heterocycles. The fourth-order valence-corrected chi connectivity index (χ4v) is 6.25. The maximum absolute atomic E-state index is 12.9. The van der Waals surface area contributed by atoms with Crippen molar-refractivity contribution in [3.05, 3.63) is 35.9 Å². The van der Waals surface area contributed by atoms with Gasteiger partial charge in [-0.1, -0.05) is 30.3 Å². The molecule has 0 aromatic heterocycles. The molecule has 4 atom stereocenters. The molecule has 1 aromatic rings. The second-order valence-corrected chi connectivity index (χ2v) is 8.55. The molecule has 3 rings (SSSR count). The highest BCUT2D eigenvalue weighted by atomic mass is 32.2. The number of sulfonamides is 1. The average molecular weight is 353 g/mol. The van der Waals surface area contributed by atoms with E-state index in [1.165, 1.54) is 11.4 Å². The van der Waals surface area contributed by atoms with E-state index < -0.39 is 34.1 Å². The van der Waals surface area contributed by atoms with Gasteiger partial charge in [0.15, 0.2) is 0 Å². The Hall–Kier alpha value is -1.44. The van der Waals surface area contributed by atoms with Gasteiger partial charge < -0.3 is 9.84 Å².